The van der Waals surface area contributed by atoms with Crippen molar-refractivity contribution in [3.05, 3.63) is 11.6 Å². The van der Waals surface area contributed by atoms with Crippen LogP contribution in [0.1, 0.15) is 27.2 Å². The molecule has 0 fully saturated rings. The SMILES string of the molecule is CNC1(C)C=C(C#N)C(=O)C(C)(C)C1.Cl. The molecule has 84 valence electrons. The Hall–Kier alpha value is -0.850. The molecule has 0 saturated carbocycles. The van der Waals surface area contributed by atoms with E-state index in [4.69, 9.17) is 5.26 Å². The van der Waals surface area contributed by atoms with E-state index < -0.39 is 5.41 Å². The van der Waals surface area contributed by atoms with Crippen molar-refractivity contribution >= 4 is 18.2 Å². The smallest absolute Gasteiger partial charge is 0.178 e. The predicted octanol–water partition coefficient (Wildman–Crippen LogP) is 1.84. The van der Waals surface area contributed by atoms with Gasteiger partial charge in [-0.3, -0.25) is 4.79 Å². The number of allylic oxidation sites excluding steroid dienone is 1. The third-order valence-electron chi connectivity index (χ3n) is 2.82. The zero-order valence-corrected chi connectivity index (χ0v) is 10.4. The standard InChI is InChI=1S/C11H16N2O.ClH/c1-10(2)7-11(3,13-4)5-8(6-12)9(10)14;/h5,13H,7H2,1-4H3;1H. The number of ketones is 1. The third-order valence-corrected chi connectivity index (χ3v) is 2.82. The molecule has 1 atom stereocenters. The molecule has 4 heteroatoms. The second kappa shape index (κ2) is 4.34. The maximum absolute atomic E-state index is 11.8. The van der Waals surface area contributed by atoms with Gasteiger partial charge >= 0.3 is 0 Å². The predicted molar refractivity (Wildman–Crippen MR) is 61.8 cm³/mol. The number of hydrogen-bond donors (Lipinski definition) is 1. The summed E-state index contributed by atoms with van der Waals surface area (Å²) in [6.45, 7) is 5.77. The summed E-state index contributed by atoms with van der Waals surface area (Å²) in [7, 11) is 1.84. The van der Waals surface area contributed by atoms with Crippen molar-refractivity contribution in [3.63, 3.8) is 0 Å². The summed E-state index contributed by atoms with van der Waals surface area (Å²) in [5, 5.41) is 12.0. The summed E-state index contributed by atoms with van der Waals surface area (Å²) in [6.07, 6.45) is 2.46. The van der Waals surface area contributed by atoms with Gasteiger partial charge in [0.2, 0.25) is 0 Å². The van der Waals surface area contributed by atoms with Crippen LogP contribution in [-0.4, -0.2) is 18.4 Å². The Morgan fingerprint density at radius 2 is 2.00 bits per heavy atom. The maximum atomic E-state index is 11.8. The first-order chi connectivity index (χ1) is 6.34. The molecule has 0 spiro atoms. The summed E-state index contributed by atoms with van der Waals surface area (Å²) in [4.78, 5) is 11.8. The van der Waals surface area contributed by atoms with E-state index in [0.29, 0.717) is 0 Å². The summed E-state index contributed by atoms with van der Waals surface area (Å²) in [6, 6.07) is 1.97. The van der Waals surface area contributed by atoms with Crippen molar-refractivity contribution < 1.29 is 4.79 Å². The number of Topliss-reactive ketones (excluding diaryl/α,β-unsaturated/α-hetero) is 1. The Morgan fingerprint density at radius 1 is 1.47 bits per heavy atom. The number of carbonyl (C=O) groups excluding carboxylic acids is 1. The zero-order valence-electron chi connectivity index (χ0n) is 9.55. The van der Waals surface area contributed by atoms with Gasteiger partial charge in [-0.2, -0.15) is 5.26 Å². The number of nitrogens with zero attached hydrogens (tertiary/aromatic N) is 1. The highest BCUT2D eigenvalue weighted by atomic mass is 35.5. The molecular weight excluding hydrogens is 212 g/mol. The van der Waals surface area contributed by atoms with E-state index >= 15 is 0 Å². The summed E-state index contributed by atoms with van der Waals surface area (Å²) < 4.78 is 0. The van der Waals surface area contributed by atoms with Gasteiger partial charge in [0.05, 0.1) is 5.57 Å². The van der Waals surface area contributed by atoms with Crippen molar-refractivity contribution in [3.8, 4) is 6.07 Å². The van der Waals surface area contributed by atoms with E-state index in [2.05, 4.69) is 5.32 Å². The van der Waals surface area contributed by atoms with Gasteiger partial charge in [0.1, 0.15) is 6.07 Å². The van der Waals surface area contributed by atoms with Crippen LogP contribution in [0.4, 0.5) is 0 Å². The minimum absolute atomic E-state index is 0. The number of nitrogens with one attached hydrogen (secondary N) is 1. The molecule has 0 saturated heterocycles. The molecule has 0 aromatic heterocycles. The molecule has 1 rings (SSSR count). The van der Waals surface area contributed by atoms with Gasteiger partial charge in [0.15, 0.2) is 5.78 Å². The third kappa shape index (κ3) is 2.58. The largest absolute Gasteiger partial charge is 0.311 e. The van der Waals surface area contributed by atoms with E-state index in [1.807, 2.05) is 33.9 Å². The van der Waals surface area contributed by atoms with Gasteiger partial charge in [-0.1, -0.05) is 13.8 Å². The van der Waals surface area contributed by atoms with E-state index in [-0.39, 0.29) is 29.3 Å². The first-order valence-corrected chi connectivity index (χ1v) is 4.71. The second-order valence-corrected chi connectivity index (χ2v) is 4.73. The van der Waals surface area contributed by atoms with Crippen LogP contribution in [0.25, 0.3) is 0 Å². The van der Waals surface area contributed by atoms with Gasteiger partial charge in [0, 0.05) is 11.0 Å². The molecule has 0 amide bonds. The zero-order chi connectivity index (χ0) is 11.0. The molecule has 1 aliphatic carbocycles. The molecule has 1 aliphatic rings. The molecule has 0 bridgehead atoms. The number of rotatable bonds is 1. The van der Waals surface area contributed by atoms with E-state index in [9.17, 15) is 4.79 Å². The highest BCUT2D eigenvalue weighted by Gasteiger charge is 2.41. The van der Waals surface area contributed by atoms with Crippen molar-refractivity contribution in [2.75, 3.05) is 7.05 Å². The number of halogens is 1. The fraction of sp³-hybridized carbons (Fsp3) is 0.636. The van der Waals surface area contributed by atoms with E-state index in [0.717, 1.165) is 6.42 Å². The average molecular weight is 229 g/mol. The van der Waals surface area contributed by atoms with Crippen molar-refractivity contribution in [2.45, 2.75) is 32.7 Å². The molecule has 0 radical (unpaired) electrons. The number of carbonyl (C=O) groups is 1. The molecular formula is C11H17ClN2O. The van der Waals surface area contributed by atoms with Crippen LogP contribution in [0.2, 0.25) is 0 Å². The number of likely N-dealkylation sites (N-methyl/N-ethyl adjacent to an activating group) is 1. The summed E-state index contributed by atoms with van der Waals surface area (Å²) in [5.74, 6) is -0.0484. The highest BCUT2D eigenvalue weighted by Crippen LogP contribution is 2.36. The number of hydrogen-bond acceptors (Lipinski definition) is 3. The molecule has 0 heterocycles. The Kier molecular flexibility index (Phi) is 4.09. The van der Waals surface area contributed by atoms with Crippen LogP contribution < -0.4 is 5.32 Å². The lowest BCUT2D eigenvalue weighted by Crippen LogP contribution is -2.48. The Labute approximate surface area is 97.0 Å². The normalized spacial score (nSPS) is 28.7. The first kappa shape index (κ1) is 14.2. The monoisotopic (exact) mass is 228 g/mol. The van der Waals surface area contributed by atoms with Crippen molar-refractivity contribution in [1.82, 2.24) is 5.32 Å². The van der Waals surface area contributed by atoms with Crippen molar-refractivity contribution in [1.29, 1.82) is 5.26 Å². The van der Waals surface area contributed by atoms with Crippen LogP contribution in [0, 0.1) is 16.7 Å². The van der Waals surface area contributed by atoms with Crippen LogP contribution in [0.15, 0.2) is 11.6 Å². The van der Waals surface area contributed by atoms with Gasteiger partial charge in [-0.05, 0) is 26.5 Å². The Balaban J connectivity index is 0.00000196. The molecule has 0 aromatic rings. The van der Waals surface area contributed by atoms with Gasteiger partial charge in [-0.15, -0.1) is 12.4 Å². The molecule has 0 aromatic carbocycles. The van der Waals surface area contributed by atoms with Gasteiger partial charge in [0.25, 0.3) is 0 Å². The minimum atomic E-state index is -0.447. The molecule has 0 aliphatic heterocycles. The average Bonchev–Trinajstić information content (AvgIpc) is 2.11. The lowest BCUT2D eigenvalue weighted by molar-refractivity contribution is -0.124. The molecule has 1 N–H and O–H groups in total. The topological polar surface area (TPSA) is 52.9 Å². The van der Waals surface area contributed by atoms with Crippen molar-refractivity contribution in [2.24, 2.45) is 5.41 Å². The Bertz CT molecular complexity index is 341. The molecule has 15 heavy (non-hydrogen) atoms. The Morgan fingerprint density at radius 3 is 2.40 bits per heavy atom. The van der Waals surface area contributed by atoms with E-state index in [1.54, 1.807) is 6.08 Å². The van der Waals surface area contributed by atoms with Crippen LogP contribution >= 0.6 is 12.4 Å². The second-order valence-electron chi connectivity index (χ2n) is 4.73. The maximum Gasteiger partial charge on any atom is 0.178 e. The van der Waals surface area contributed by atoms with Crippen LogP contribution in [0.3, 0.4) is 0 Å². The first-order valence-electron chi connectivity index (χ1n) is 4.71. The van der Waals surface area contributed by atoms with Gasteiger partial charge in [-0.25, -0.2) is 0 Å². The van der Waals surface area contributed by atoms with Crippen LogP contribution in [-0.2, 0) is 4.79 Å². The highest BCUT2D eigenvalue weighted by molar-refractivity contribution is 6.03. The lowest BCUT2D eigenvalue weighted by Gasteiger charge is -2.38. The minimum Gasteiger partial charge on any atom is -0.311 e. The molecule has 3 nitrogen and oxygen atoms in total. The van der Waals surface area contributed by atoms with E-state index in [1.165, 1.54) is 0 Å². The summed E-state index contributed by atoms with van der Waals surface area (Å²) >= 11 is 0. The lowest BCUT2D eigenvalue weighted by atomic mass is 9.69. The fourth-order valence-electron chi connectivity index (χ4n) is 2.04. The van der Waals surface area contributed by atoms with Gasteiger partial charge < -0.3 is 5.32 Å². The molecule has 1 unspecified atom stereocenters. The van der Waals surface area contributed by atoms with Crippen LogP contribution in [0.5, 0.6) is 0 Å². The number of nitriles is 1. The quantitative estimate of drug-likeness (QED) is 0.745. The summed E-state index contributed by atoms with van der Waals surface area (Å²) in [5.41, 5.74) is -0.418. The fourth-order valence-corrected chi connectivity index (χ4v) is 2.04.